The van der Waals surface area contributed by atoms with Crippen molar-refractivity contribution in [2.75, 3.05) is 13.2 Å². The molecule has 0 bridgehead atoms. The number of hydrogen-bond donors (Lipinski definition) is 0. The molecular formula is C16H15BrO4S. The first-order valence-corrected chi connectivity index (χ1v) is 9.10. The molecule has 1 fully saturated rings. The van der Waals surface area contributed by atoms with Crippen molar-refractivity contribution in [3.05, 3.63) is 52.5 Å². The van der Waals surface area contributed by atoms with Gasteiger partial charge in [0.15, 0.2) is 0 Å². The Kier molecular flexibility index (Phi) is 4.25. The van der Waals surface area contributed by atoms with E-state index in [-0.39, 0.29) is 15.9 Å². The van der Waals surface area contributed by atoms with Gasteiger partial charge in [0.1, 0.15) is 18.5 Å². The predicted molar refractivity (Wildman–Crippen MR) is 86.0 cm³/mol. The smallest absolute Gasteiger partial charge is 0.206 e. The standard InChI is InChI=1S/C16H15BrO4S/c1-11-3-2-4-13(7-11)22(18,19)14-5-6-15(17)16(8-14)21-10-12-9-20-12/h2-8,12H,9-10H2,1H3. The van der Waals surface area contributed by atoms with Crippen molar-refractivity contribution in [2.45, 2.75) is 22.8 Å². The normalized spacial score (nSPS) is 17.3. The molecule has 0 amide bonds. The monoisotopic (exact) mass is 382 g/mol. The molecule has 0 N–H and O–H groups in total. The van der Waals surface area contributed by atoms with E-state index in [2.05, 4.69) is 15.9 Å². The first-order valence-electron chi connectivity index (χ1n) is 6.82. The van der Waals surface area contributed by atoms with Crippen LogP contribution in [0.5, 0.6) is 5.75 Å². The van der Waals surface area contributed by atoms with Gasteiger partial charge in [0.25, 0.3) is 0 Å². The van der Waals surface area contributed by atoms with Gasteiger partial charge in [0, 0.05) is 6.07 Å². The minimum Gasteiger partial charge on any atom is -0.490 e. The molecule has 0 spiro atoms. The van der Waals surface area contributed by atoms with E-state index in [0.717, 1.165) is 10.0 Å². The van der Waals surface area contributed by atoms with E-state index < -0.39 is 9.84 Å². The highest BCUT2D eigenvalue weighted by Gasteiger charge is 2.24. The summed E-state index contributed by atoms with van der Waals surface area (Å²) in [5.41, 5.74) is 0.903. The Morgan fingerprint density at radius 3 is 2.64 bits per heavy atom. The zero-order valence-corrected chi connectivity index (χ0v) is 14.4. The lowest BCUT2D eigenvalue weighted by molar-refractivity contribution is 0.261. The van der Waals surface area contributed by atoms with Gasteiger partial charge in [-0.25, -0.2) is 8.42 Å². The number of aryl methyl sites for hydroxylation is 1. The van der Waals surface area contributed by atoms with E-state index >= 15 is 0 Å². The Hall–Kier alpha value is -1.37. The van der Waals surface area contributed by atoms with Crippen molar-refractivity contribution < 1.29 is 17.9 Å². The van der Waals surface area contributed by atoms with Crippen molar-refractivity contribution in [1.29, 1.82) is 0 Å². The van der Waals surface area contributed by atoms with Crippen molar-refractivity contribution in [3.63, 3.8) is 0 Å². The van der Waals surface area contributed by atoms with Crippen LogP contribution in [0, 0.1) is 6.92 Å². The van der Waals surface area contributed by atoms with Gasteiger partial charge in [-0.2, -0.15) is 0 Å². The van der Waals surface area contributed by atoms with E-state index in [1.807, 2.05) is 13.0 Å². The summed E-state index contributed by atoms with van der Waals surface area (Å²) in [6, 6.07) is 11.7. The molecule has 1 saturated heterocycles. The van der Waals surface area contributed by atoms with Gasteiger partial charge in [-0.15, -0.1) is 0 Å². The third-order valence-corrected chi connectivity index (χ3v) is 5.74. The molecule has 1 aliphatic rings. The molecule has 2 aromatic rings. The molecule has 4 nitrogen and oxygen atoms in total. The van der Waals surface area contributed by atoms with Crippen molar-refractivity contribution in [1.82, 2.24) is 0 Å². The van der Waals surface area contributed by atoms with Crippen LogP contribution in [0.2, 0.25) is 0 Å². The summed E-state index contributed by atoms with van der Waals surface area (Å²) >= 11 is 3.37. The van der Waals surface area contributed by atoms with E-state index in [1.54, 1.807) is 36.4 Å². The van der Waals surface area contributed by atoms with Crippen molar-refractivity contribution in [3.8, 4) is 5.75 Å². The number of rotatable bonds is 5. The number of benzene rings is 2. The fourth-order valence-corrected chi connectivity index (χ4v) is 3.77. The highest BCUT2D eigenvalue weighted by atomic mass is 79.9. The van der Waals surface area contributed by atoms with Crippen LogP contribution in [0.1, 0.15) is 5.56 Å². The van der Waals surface area contributed by atoms with E-state index in [4.69, 9.17) is 9.47 Å². The van der Waals surface area contributed by atoms with Crippen LogP contribution < -0.4 is 4.74 Å². The Balaban J connectivity index is 1.94. The predicted octanol–water partition coefficient (Wildman–Crippen LogP) is 3.37. The van der Waals surface area contributed by atoms with Gasteiger partial charge in [-0.1, -0.05) is 12.1 Å². The molecule has 116 valence electrons. The number of epoxide rings is 1. The van der Waals surface area contributed by atoms with Gasteiger partial charge in [0.2, 0.25) is 9.84 Å². The number of hydrogen-bond acceptors (Lipinski definition) is 4. The summed E-state index contributed by atoms with van der Waals surface area (Å²) in [6.45, 7) is 2.98. The van der Waals surface area contributed by atoms with Gasteiger partial charge in [-0.3, -0.25) is 0 Å². The minimum absolute atomic E-state index is 0.115. The molecule has 0 aromatic heterocycles. The Morgan fingerprint density at radius 2 is 1.95 bits per heavy atom. The van der Waals surface area contributed by atoms with Crippen LogP contribution in [-0.4, -0.2) is 27.7 Å². The van der Waals surface area contributed by atoms with E-state index in [0.29, 0.717) is 19.0 Å². The second-order valence-electron chi connectivity index (χ2n) is 5.18. The summed E-state index contributed by atoms with van der Waals surface area (Å²) in [6.07, 6.45) is 0.115. The second kappa shape index (κ2) is 6.02. The third-order valence-electron chi connectivity index (χ3n) is 3.34. The van der Waals surface area contributed by atoms with Crippen molar-refractivity contribution in [2.24, 2.45) is 0 Å². The molecule has 3 rings (SSSR count). The van der Waals surface area contributed by atoms with Crippen LogP contribution in [0.25, 0.3) is 0 Å². The maximum Gasteiger partial charge on any atom is 0.206 e. The van der Waals surface area contributed by atoms with E-state index in [9.17, 15) is 8.42 Å². The van der Waals surface area contributed by atoms with Crippen LogP contribution in [0.4, 0.5) is 0 Å². The number of ether oxygens (including phenoxy) is 2. The summed E-state index contributed by atoms with van der Waals surface area (Å²) in [5, 5.41) is 0. The molecule has 0 aliphatic carbocycles. The quantitative estimate of drug-likeness (QED) is 0.743. The summed E-state index contributed by atoms with van der Waals surface area (Å²) in [4.78, 5) is 0.499. The molecular weight excluding hydrogens is 368 g/mol. The Morgan fingerprint density at radius 1 is 1.23 bits per heavy atom. The molecule has 2 aromatic carbocycles. The maximum atomic E-state index is 12.7. The van der Waals surface area contributed by atoms with Crippen LogP contribution in [0.15, 0.2) is 56.7 Å². The molecule has 22 heavy (non-hydrogen) atoms. The molecule has 6 heteroatoms. The van der Waals surface area contributed by atoms with Crippen molar-refractivity contribution >= 4 is 25.8 Å². The van der Waals surface area contributed by atoms with Gasteiger partial charge >= 0.3 is 0 Å². The highest BCUT2D eigenvalue weighted by Crippen LogP contribution is 2.31. The average molecular weight is 383 g/mol. The molecule has 1 unspecified atom stereocenters. The first kappa shape index (κ1) is 15.5. The minimum atomic E-state index is -3.56. The second-order valence-corrected chi connectivity index (χ2v) is 7.98. The Bertz CT molecular complexity index is 798. The molecule has 1 heterocycles. The SMILES string of the molecule is Cc1cccc(S(=O)(=O)c2ccc(Br)c(OCC3CO3)c2)c1. The van der Waals surface area contributed by atoms with Gasteiger partial charge in [-0.05, 0) is 52.7 Å². The summed E-state index contributed by atoms with van der Waals surface area (Å²) in [5.74, 6) is 0.504. The lowest BCUT2D eigenvalue weighted by Crippen LogP contribution is -2.06. The topological polar surface area (TPSA) is 55.9 Å². The lowest BCUT2D eigenvalue weighted by atomic mass is 10.2. The first-order chi connectivity index (χ1) is 10.5. The lowest BCUT2D eigenvalue weighted by Gasteiger charge is -2.10. The van der Waals surface area contributed by atoms with Crippen LogP contribution >= 0.6 is 15.9 Å². The molecule has 1 atom stereocenters. The molecule has 0 saturated carbocycles. The zero-order chi connectivity index (χ0) is 15.7. The Labute approximate surface area is 138 Å². The maximum absolute atomic E-state index is 12.7. The van der Waals surface area contributed by atoms with Gasteiger partial charge in [0.05, 0.1) is 20.9 Å². The summed E-state index contributed by atoms with van der Waals surface area (Å²) in [7, 11) is -3.56. The van der Waals surface area contributed by atoms with Crippen LogP contribution in [-0.2, 0) is 14.6 Å². The molecule has 1 aliphatic heterocycles. The van der Waals surface area contributed by atoms with E-state index in [1.165, 1.54) is 0 Å². The van der Waals surface area contributed by atoms with Crippen LogP contribution in [0.3, 0.4) is 0 Å². The average Bonchev–Trinajstić information content (AvgIpc) is 3.30. The largest absolute Gasteiger partial charge is 0.490 e. The molecule has 0 radical (unpaired) electrons. The fourth-order valence-electron chi connectivity index (χ4n) is 2.03. The number of halogens is 1. The van der Waals surface area contributed by atoms with Gasteiger partial charge < -0.3 is 9.47 Å². The fraction of sp³-hybridized carbons (Fsp3) is 0.250. The third kappa shape index (κ3) is 3.34. The highest BCUT2D eigenvalue weighted by molar-refractivity contribution is 9.10. The zero-order valence-electron chi connectivity index (χ0n) is 12.0. The number of sulfone groups is 1. The summed E-state index contributed by atoms with van der Waals surface area (Å²) < 4.78 is 36.8.